The largest absolute Gasteiger partial charge is 0.465 e. The summed E-state index contributed by atoms with van der Waals surface area (Å²) in [4.78, 5) is 39.1. The van der Waals surface area contributed by atoms with E-state index in [0.29, 0.717) is 6.42 Å². The maximum atomic E-state index is 13.9. The lowest BCUT2D eigenvalue weighted by molar-refractivity contribution is -0.160. The van der Waals surface area contributed by atoms with Crippen LogP contribution in [0.1, 0.15) is 116 Å². The van der Waals surface area contributed by atoms with Gasteiger partial charge in [-0.3, -0.25) is 14.4 Å². The van der Waals surface area contributed by atoms with Crippen LogP contribution in [0.15, 0.2) is 115 Å². The van der Waals surface area contributed by atoms with Gasteiger partial charge in [-0.05, 0) is 82.9 Å². The van der Waals surface area contributed by atoms with Gasteiger partial charge in [0.1, 0.15) is 17.8 Å². The van der Waals surface area contributed by atoms with E-state index in [9.17, 15) is 14.4 Å². The standard InChI is InChI=1S/C46H63NO6/c1-8-9-10-11-12-13-14-15-16-17-18-19-20-21-22-26-33-40(48)51-36-46(6,7)43(44(50)47-35-34-41(49)53-45(3,4)5)52-42(38-30-24-23-25-31-38)39-32-28-27-29-37(39)2/h9-10,12-13,15-16,18-21,23-25,27-32,42-43H,8,11,14,17,22,26,33-36H2,1-7H3,(H,47,50)/b10-9-,13-12-,16-15-,19-18+,21-20+/t42?,43-/m0/s1. The number of unbranched alkanes of at least 4 members (excludes halogenated alkanes) is 1. The molecule has 0 aliphatic rings. The number of aryl methyl sites for hydroxylation is 1. The molecule has 1 unspecified atom stereocenters. The summed E-state index contributed by atoms with van der Waals surface area (Å²) in [5.74, 6) is -1.13. The van der Waals surface area contributed by atoms with Gasteiger partial charge in [-0.25, -0.2) is 0 Å². The van der Waals surface area contributed by atoms with Crippen molar-refractivity contribution in [3.63, 3.8) is 0 Å². The van der Waals surface area contributed by atoms with Crippen molar-refractivity contribution in [2.45, 2.75) is 118 Å². The van der Waals surface area contributed by atoms with Crippen molar-refractivity contribution in [1.29, 1.82) is 0 Å². The lowest BCUT2D eigenvalue weighted by atomic mass is 9.85. The van der Waals surface area contributed by atoms with Crippen molar-refractivity contribution in [1.82, 2.24) is 5.32 Å². The van der Waals surface area contributed by atoms with Crippen LogP contribution in [0.2, 0.25) is 0 Å². The number of benzene rings is 2. The Morgan fingerprint density at radius 2 is 1.34 bits per heavy atom. The molecule has 0 spiro atoms. The van der Waals surface area contributed by atoms with Gasteiger partial charge in [0.05, 0.1) is 13.0 Å². The van der Waals surface area contributed by atoms with Crippen molar-refractivity contribution >= 4 is 17.8 Å². The number of amides is 1. The fourth-order valence-corrected chi connectivity index (χ4v) is 5.34. The van der Waals surface area contributed by atoms with Gasteiger partial charge in [0.2, 0.25) is 5.91 Å². The average molecular weight is 726 g/mol. The summed E-state index contributed by atoms with van der Waals surface area (Å²) in [5.41, 5.74) is 1.30. The van der Waals surface area contributed by atoms with E-state index in [4.69, 9.17) is 14.2 Å². The maximum absolute atomic E-state index is 13.9. The molecule has 288 valence electrons. The molecule has 53 heavy (non-hydrogen) atoms. The molecule has 1 amide bonds. The van der Waals surface area contributed by atoms with Crippen LogP contribution >= 0.6 is 0 Å². The van der Waals surface area contributed by atoms with Crippen LogP contribution in [-0.4, -0.2) is 42.7 Å². The van der Waals surface area contributed by atoms with Gasteiger partial charge in [-0.1, -0.05) is 136 Å². The van der Waals surface area contributed by atoms with Crippen LogP contribution in [0.3, 0.4) is 0 Å². The Kier molecular flexibility index (Phi) is 20.8. The Labute approximate surface area is 319 Å². The Morgan fingerprint density at radius 3 is 1.98 bits per heavy atom. The van der Waals surface area contributed by atoms with Crippen molar-refractivity contribution in [2.24, 2.45) is 5.41 Å². The minimum Gasteiger partial charge on any atom is -0.465 e. The molecular weight excluding hydrogens is 663 g/mol. The molecule has 0 bridgehead atoms. The van der Waals surface area contributed by atoms with Crippen molar-refractivity contribution < 1.29 is 28.6 Å². The van der Waals surface area contributed by atoms with E-state index in [1.54, 1.807) is 20.8 Å². The fourth-order valence-electron chi connectivity index (χ4n) is 5.34. The molecule has 0 fully saturated rings. The van der Waals surface area contributed by atoms with Gasteiger partial charge in [0.15, 0.2) is 0 Å². The number of carbonyl (C=O) groups excluding carboxylic acids is 3. The summed E-state index contributed by atoms with van der Waals surface area (Å²) in [7, 11) is 0. The molecule has 0 aromatic heterocycles. The number of hydrogen-bond donors (Lipinski definition) is 1. The predicted molar refractivity (Wildman–Crippen MR) is 216 cm³/mol. The van der Waals surface area contributed by atoms with E-state index in [1.807, 2.05) is 93.6 Å². The highest BCUT2D eigenvalue weighted by Gasteiger charge is 2.40. The third-order valence-electron chi connectivity index (χ3n) is 8.13. The second-order valence-electron chi connectivity index (χ2n) is 14.7. The number of nitrogens with one attached hydrogen (secondary N) is 1. The van der Waals surface area contributed by atoms with Crippen molar-refractivity contribution in [3.05, 3.63) is 132 Å². The normalized spacial score (nSPS) is 13.7. The van der Waals surface area contributed by atoms with E-state index in [-0.39, 0.29) is 32.0 Å². The lowest BCUT2D eigenvalue weighted by Gasteiger charge is -2.36. The highest BCUT2D eigenvalue weighted by Crippen LogP contribution is 2.35. The Hall–Kier alpha value is -4.49. The van der Waals surface area contributed by atoms with Crippen molar-refractivity contribution in [3.8, 4) is 0 Å². The van der Waals surface area contributed by atoms with Crippen LogP contribution in [0, 0.1) is 12.3 Å². The second kappa shape index (κ2) is 24.7. The molecule has 7 heteroatoms. The van der Waals surface area contributed by atoms with Crippen LogP contribution < -0.4 is 5.32 Å². The SMILES string of the molecule is CC/C=C\C/C=C\C/C=C\C/C=C/C=C/CCCC(=O)OCC(C)(C)[C@@H](OC(c1ccccc1)c1ccccc1C)C(=O)NCCC(=O)OC(C)(C)C. The monoisotopic (exact) mass is 725 g/mol. The van der Waals surface area contributed by atoms with Gasteiger partial charge in [-0.2, -0.15) is 0 Å². The number of ether oxygens (including phenoxy) is 3. The van der Waals surface area contributed by atoms with Gasteiger partial charge >= 0.3 is 11.9 Å². The van der Waals surface area contributed by atoms with E-state index in [0.717, 1.165) is 48.8 Å². The number of rotatable bonds is 23. The first-order valence-corrected chi connectivity index (χ1v) is 19.0. The smallest absolute Gasteiger partial charge is 0.308 e. The first kappa shape index (κ1) is 44.7. The zero-order valence-electron chi connectivity index (χ0n) is 33.1. The average Bonchev–Trinajstić information content (AvgIpc) is 3.11. The fraction of sp³-hybridized carbons (Fsp3) is 0.457. The number of allylic oxidation sites excluding steroid dienone is 10. The van der Waals surface area contributed by atoms with Crippen molar-refractivity contribution in [2.75, 3.05) is 13.2 Å². The summed E-state index contributed by atoms with van der Waals surface area (Å²) < 4.78 is 17.9. The first-order valence-electron chi connectivity index (χ1n) is 19.0. The third kappa shape index (κ3) is 19.2. The highest BCUT2D eigenvalue weighted by atomic mass is 16.6. The zero-order chi connectivity index (χ0) is 39.0. The predicted octanol–water partition coefficient (Wildman–Crippen LogP) is 10.4. The van der Waals surface area contributed by atoms with Crippen LogP contribution in [0.4, 0.5) is 0 Å². The Morgan fingerprint density at radius 1 is 0.736 bits per heavy atom. The zero-order valence-corrected chi connectivity index (χ0v) is 33.1. The van der Waals surface area contributed by atoms with Crippen LogP contribution in [0.5, 0.6) is 0 Å². The summed E-state index contributed by atoms with van der Waals surface area (Å²) in [6.07, 6.45) is 25.2. The molecule has 0 heterocycles. The molecule has 0 aliphatic heterocycles. The molecule has 2 aromatic rings. The topological polar surface area (TPSA) is 90.9 Å². The van der Waals surface area contributed by atoms with Crippen LogP contribution in [-0.2, 0) is 28.6 Å². The molecule has 0 radical (unpaired) electrons. The van der Waals surface area contributed by atoms with E-state index < -0.39 is 35.1 Å². The van der Waals surface area contributed by atoms with Gasteiger partial charge in [-0.15, -0.1) is 0 Å². The van der Waals surface area contributed by atoms with Gasteiger partial charge in [0, 0.05) is 18.4 Å². The third-order valence-corrected chi connectivity index (χ3v) is 8.13. The summed E-state index contributed by atoms with van der Waals surface area (Å²) in [5, 5.41) is 2.87. The Balaban J connectivity index is 2.00. The summed E-state index contributed by atoms with van der Waals surface area (Å²) in [6.45, 7) is 13.3. The molecule has 7 nitrogen and oxygen atoms in total. The first-order chi connectivity index (χ1) is 25.3. The van der Waals surface area contributed by atoms with E-state index in [1.165, 1.54) is 0 Å². The van der Waals surface area contributed by atoms with E-state index in [2.05, 4.69) is 54.8 Å². The summed E-state index contributed by atoms with van der Waals surface area (Å²) >= 11 is 0. The summed E-state index contributed by atoms with van der Waals surface area (Å²) in [6, 6.07) is 17.7. The molecular formula is C46H63NO6. The molecule has 2 aromatic carbocycles. The molecule has 2 rings (SSSR count). The quantitative estimate of drug-likeness (QED) is 0.0531. The molecule has 2 atom stereocenters. The highest BCUT2D eigenvalue weighted by molar-refractivity contribution is 5.82. The molecule has 0 aliphatic carbocycles. The molecule has 0 saturated heterocycles. The number of carbonyl (C=O) groups is 3. The van der Waals surface area contributed by atoms with E-state index >= 15 is 0 Å². The number of hydrogen-bond acceptors (Lipinski definition) is 6. The number of esters is 2. The van der Waals surface area contributed by atoms with Crippen LogP contribution in [0.25, 0.3) is 0 Å². The maximum Gasteiger partial charge on any atom is 0.308 e. The Bertz CT molecular complexity index is 1530. The second-order valence-corrected chi connectivity index (χ2v) is 14.7. The molecule has 0 saturated carbocycles. The minimum atomic E-state index is -1.02. The minimum absolute atomic E-state index is 0.0157. The van der Waals surface area contributed by atoms with Gasteiger partial charge in [0.25, 0.3) is 0 Å². The lowest BCUT2D eigenvalue weighted by Crippen LogP contribution is -2.49. The molecule has 1 N–H and O–H groups in total. The van der Waals surface area contributed by atoms with Gasteiger partial charge < -0.3 is 19.5 Å².